The molecule has 0 atom stereocenters. The third-order valence-corrected chi connectivity index (χ3v) is 2.61. The number of carbonyl (C=O) groups excluding carboxylic acids is 1. The number of nitrogens with one attached hydrogen (secondary N) is 1. The van der Waals surface area contributed by atoms with Crippen molar-refractivity contribution in [3.63, 3.8) is 0 Å². The first-order valence-electron chi connectivity index (χ1n) is 6.40. The fourth-order valence-corrected chi connectivity index (χ4v) is 1.60. The number of anilines is 1. The van der Waals surface area contributed by atoms with Crippen LogP contribution >= 0.6 is 0 Å². The van der Waals surface area contributed by atoms with Crippen LogP contribution in [-0.4, -0.2) is 11.0 Å². The molecule has 5 heteroatoms. The van der Waals surface area contributed by atoms with E-state index >= 15 is 0 Å². The first-order valence-corrected chi connectivity index (χ1v) is 6.40. The second-order valence-electron chi connectivity index (χ2n) is 4.29. The molecule has 0 spiro atoms. The van der Waals surface area contributed by atoms with Crippen molar-refractivity contribution in [2.75, 3.05) is 5.32 Å². The standard InChI is InChI=1S/C16H15N3O2/c1-12(20)15(19-18-14-10-6-3-7-11-14)16(21)17-13-8-4-2-5-9-13/h2-11,20H,1H3,(H,17,21). The molecule has 0 saturated carbocycles. The van der Waals surface area contributed by atoms with Crippen molar-refractivity contribution in [2.24, 2.45) is 10.2 Å². The molecular weight excluding hydrogens is 266 g/mol. The number of azo groups is 1. The van der Waals surface area contributed by atoms with Crippen LogP contribution in [0.5, 0.6) is 0 Å². The molecule has 0 heterocycles. The highest BCUT2D eigenvalue weighted by Gasteiger charge is 2.13. The number of amides is 1. The molecule has 0 aromatic heterocycles. The molecule has 0 aliphatic carbocycles. The van der Waals surface area contributed by atoms with E-state index in [9.17, 15) is 9.90 Å². The Balaban J connectivity index is 2.15. The summed E-state index contributed by atoms with van der Waals surface area (Å²) in [5, 5.41) is 20.0. The van der Waals surface area contributed by atoms with E-state index < -0.39 is 5.91 Å². The molecule has 0 fully saturated rings. The maximum Gasteiger partial charge on any atom is 0.279 e. The van der Waals surface area contributed by atoms with E-state index in [1.54, 1.807) is 36.4 Å². The number of nitrogens with zero attached hydrogens (tertiary/aromatic N) is 2. The number of para-hydroxylation sites is 1. The fourth-order valence-electron chi connectivity index (χ4n) is 1.60. The van der Waals surface area contributed by atoms with Gasteiger partial charge >= 0.3 is 0 Å². The average Bonchev–Trinajstić information content (AvgIpc) is 2.49. The molecule has 0 bridgehead atoms. The number of rotatable bonds is 4. The van der Waals surface area contributed by atoms with E-state index in [-0.39, 0.29) is 11.5 Å². The quantitative estimate of drug-likeness (QED) is 0.500. The Bertz CT molecular complexity index is 660. The summed E-state index contributed by atoms with van der Waals surface area (Å²) in [6, 6.07) is 17.9. The van der Waals surface area contributed by atoms with E-state index in [2.05, 4.69) is 15.5 Å². The fraction of sp³-hybridized carbons (Fsp3) is 0.0625. The Hall–Kier alpha value is -2.95. The lowest BCUT2D eigenvalue weighted by molar-refractivity contribution is -0.113. The van der Waals surface area contributed by atoms with Gasteiger partial charge in [-0.25, -0.2) is 0 Å². The van der Waals surface area contributed by atoms with Gasteiger partial charge in [-0.1, -0.05) is 36.4 Å². The molecule has 2 aromatic rings. The van der Waals surface area contributed by atoms with Gasteiger partial charge in [-0.05, 0) is 31.2 Å². The van der Waals surface area contributed by atoms with Crippen molar-refractivity contribution < 1.29 is 9.90 Å². The lowest BCUT2D eigenvalue weighted by Gasteiger charge is -2.05. The highest BCUT2D eigenvalue weighted by atomic mass is 16.3. The van der Waals surface area contributed by atoms with Crippen molar-refractivity contribution in [1.29, 1.82) is 0 Å². The second kappa shape index (κ2) is 7.00. The molecule has 0 aliphatic heterocycles. The van der Waals surface area contributed by atoms with Gasteiger partial charge in [-0.2, -0.15) is 5.11 Å². The highest BCUT2D eigenvalue weighted by Crippen LogP contribution is 2.15. The molecule has 21 heavy (non-hydrogen) atoms. The number of hydrogen-bond donors (Lipinski definition) is 2. The van der Waals surface area contributed by atoms with E-state index in [0.717, 1.165) is 0 Å². The van der Waals surface area contributed by atoms with Crippen LogP contribution in [0.25, 0.3) is 0 Å². The van der Waals surface area contributed by atoms with Gasteiger partial charge in [0.15, 0.2) is 5.70 Å². The summed E-state index contributed by atoms with van der Waals surface area (Å²) in [4.78, 5) is 12.1. The molecule has 0 aliphatic rings. The zero-order chi connectivity index (χ0) is 15.1. The van der Waals surface area contributed by atoms with E-state index in [0.29, 0.717) is 11.4 Å². The molecule has 2 rings (SSSR count). The summed E-state index contributed by atoms with van der Waals surface area (Å²) in [5.74, 6) is -0.705. The van der Waals surface area contributed by atoms with E-state index in [4.69, 9.17) is 0 Å². The summed E-state index contributed by atoms with van der Waals surface area (Å²) >= 11 is 0. The van der Waals surface area contributed by atoms with Crippen LogP contribution in [0, 0.1) is 0 Å². The summed E-state index contributed by atoms with van der Waals surface area (Å²) < 4.78 is 0. The predicted molar refractivity (Wildman–Crippen MR) is 81.4 cm³/mol. The van der Waals surface area contributed by atoms with Crippen LogP contribution in [0.15, 0.2) is 82.3 Å². The zero-order valence-corrected chi connectivity index (χ0v) is 11.5. The Morgan fingerprint density at radius 1 is 1.00 bits per heavy atom. The first-order chi connectivity index (χ1) is 10.2. The van der Waals surface area contributed by atoms with Crippen LogP contribution in [0.4, 0.5) is 11.4 Å². The Morgan fingerprint density at radius 2 is 1.57 bits per heavy atom. The van der Waals surface area contributed by atoms with Crippen molar-refractivity contribution in [2.45, 2.75) is 6.92 Å². The summed E-state index contributed by atoms with van der Waals surface area (Å²) in [6.45, 7) is 1.39. The van der Waals surface area contributed by atoms with Crippen LogP contribution in [0.1, 0.15) is 6.92 Å². The van der Waals surface area contributed by atoms with Crippen LogP contribution < -0.4 is 5.32 Å². The Labute approximate surface area is 122 Å². The third-order valence-electron chi connectivity index (χ3n) is 2.61. The second-order valence-corrected chi connectivity index (χ2v) is 4.29. The molecule has 5 nitrogen and oxygen atoms in total. The number of aliphatic hydroxyl groups excluding tert-OH is 1. The summed E-state index contributed by atoms with van der Waals surface area (Å²) in [5.41, 5.74) is 1.10. The smallest absolute Gasteiger partial charge is 0.279 e. The van der Waals surface area contributed by atoms with Crippen molar-refractivity contribution in [1.82, 2.24) is 0 Å². The lowest BCUT2D eigenvalue weighted by Crippen LogP contribution is -2.14. The minimum atomic E-state index is -0.513. The van der Waals surface area contributed by atoms with Gasteiger partial charge < -0.3 is 10.4 Å². The lowest BCUT2D eigenvalue weighted by atomic mass is 10.3. The number of hydrogen-bond acceptors (Lipinski definition) is 4. The molecular formula is C16H15N3O2. The molecule has 106 valence electrons. The Morgan fingerprint density at radius 3 is 2.14 bits per heavy atom. The molecule has 2 aromatic carbocycles. The molecule has 1 amide bonds. The summed E-state index contributed by atoms with van der Waals surface area (Å²) in [7, 11) is 0. The third kappa shape index (κ3) is 4.28. The minimum absolute atomic E-state index is 0.122. The number of benzene rings is 2. The van der Waals surface area contributed by atoms with E-state index in [1.165, 1.54) is 6.92 Å². The van der Waals surface area contributed by atoms with Gasteiger partial charge in [0.25, 0.3) is 5.91 Å². The van der Waals surface area contributed by atoms with Crippen molar-refractivity contribution in [3.8, 4) is 0 Å². The van der Waals surface area contributed by atoms with Gasteiger partial charge in [-0.15, -0.1) is 5.11 Å². The predicted octanol–water partition coefficient (Wildman–Crippen LogP) is 4.20. The number of aliphatic hydroxyl groups is 1. The van der Waals surface area contributed by atoms with Crippen LogP contribution in [-0.2, 0) is 4.79 Å². The maximum absolute atomic E-state index is 12.1. The monoisotopic (exact) mass is 281 g/mol. The van der Waals surface area contributed by atoms with E-state index in [1.807, 2.05) is 24.3 Å². The van der Waals surface area contributed by atoms with Crippen molar-refractivity contribution in [3.05, 3.63) is 72.1 Å². The number of carbonyl (C=O) groups is 1. The van der Waals surface area contributed by atoms with Gasteiger partial charge in [0.1, 0.15) is 5.76 Å². The molecule has 0 saturated heterocycles. The van der Waals surface area contributed by atoms with Crippen LogP contribution in [0.2, 0.25) is 0 Å². The van der Waals surface area contributed by atoms with Gasteiger partial charge in [-0.3, -0.25) is 4.79 Å². The van der Waals surface area contributed by atoms with Gasteiger partial charge in [0.2, 0.25) is 0 Å². The molecule has 2 N–H and O–H groups in total. The number of allylic oxidation sites excluding steroid dienone is 1. The maximum atomic E-state index is 12.1. The van der Waals surface area contributed by atoms with Crippen LogP contribution in [0.3, 0.4) is 0 Å². The largest absolute Gasteiger partial charge is 0.510 e. The minimum Gasteiger partial charge on any atom is -0.510 e. The Kier molecular flexibility index (Phi) is 4.82. The zero-order valence-electron chi connectivity index (χ0n) is 11.5. The SMILES string of the molecule is CC(O)=C(N=Nc1ccccc1)C(=O)Nc1ccccc1. The topological polar surface area (TPSA) is 74.0 Å². The van der Waals surface area contributed by atoms with Gasteiger partial charge in [0, 0.05) is 5.69 Å². The van der Waals surface area contributed by atoms with Crippen molar-refractivity contribution >= 4 is 17.3 Å². The normalized spacial score (nSPS) is 12.0. The molecule has 0 radical (unpaired) electrons. The molecule has 0 unspecified atom stereocenters. The summed E-state index contributed by atoms with van der Waals surface area (Å²) in [6.07, 6.45) is 0. The first kappa shape index (κ1) is 14.5. The van der Waals surface area contributed by atoms with Gasteiger partial charge in [0.05, 0.1) is 5.69 Å². The average molecular weight is 281 g/mol. The highest BCUT2D eigenvalue weighted by molar-refractivity contribution is 6.03.